The lowest BCUT2D eigenvalue weighted by Crippen LogP contribution is -2.01. The zero-order valence-electron chi connectivity index (χ0n) is 8.24. The fraction of sp³-hybridized carbons (Fsp3) is 0.0833. The molecule has 4 heteroatoms. The van der Waals surface area contributed by atoms with Gasteiger partial charge >= 0.3 is 0 Å². The van der Waals surface area contributed by atoms with E-state index in [1.54, 1.807) is 35.6 Å². The van der Waals surface area contributed by atoms with Gasteiger partial charge in [-0.15, -0.1) is 11.3 Å². The highest BCUT2D eigenvalue weighted by Gasteiger charge is 2.08. The summed E-state index contributed by atoms with van der Waals surface area (Å²) in [5.74, 6) is 0.0943. The number of ketones is 1. The van der Waals surface area contributed by atoms with Crippen molar-refractivity contribution in [2.75, 3.05) is 0 Å². The third-order valence-electron chi connectivity index (χ3n) is 2.11. The van der Waals surface area contributed by atoms with Crippen LogP contribution in [-0.2, 0) is 6.42 Å². The molecule has 0 bridgehead atoms. The fourth-order valence-electron chi connectivity index (χ4n) is 1.37. The molecule has 0 unspecified atom stereocenters. The molecule has 2 rings (SSSR count). The number of rotatable bonds is 3. The summed E-state index contributed by atoms with van der Waals surface area (Å²) in [7, 11) is 0. The molecule has 0 aliphatic rings. The molecule has 1 heterocycles. The van der Waals surface area contributed by atoms with Gasteiger partial charge in [0.15, 0.2) is 5.78 Å². The number of carbonyl (C=O) groups excluding carboxylic acids is 1. The van der Waals surface area contributed by atoms with Crippen molar-refractivity contribution in [3.63, 3.8) is 0 Å². The Morgan fingerprint density at radius 3 is 2.75 bits per heavy atom. The molecule has 0 amide bonds. The Labute approximate surface area is 111 Å². The molecule has 0 radical (unpaired) electrons. The van der Waals surface area contributed by atoms with Crippen molar-refractivity contribution in [1.82, 2.24) is 0 Å². The van der Waals surface area contributed by atoms with Crippen LogP contribution in [0.15, 0.2) is 40.2 Å². The predicted molar refractivity (Wildman–Crippen MR) is 71.5 cm³/mol. The van der Waals surface area contributed by atoms with Gasteiger partial charge in [-0.1, -0.05) is 23.7 Å². The lowest BCUT2D eigenvalue weighted by atomic mass is 10.1. The van der Waals surface area contributed by atoms with Gasteiger partial charge in [0.1, 0.15) is 0 Å². The van der Waals surface area contributed by atoms with E-state index in [0.717, 1.165) is 8.66 Å². The molecule has 0 saturated carbocycles. The summed E-state index contributed by atoms with van der Waals surface area (Å²) in [5.41, 5.74) is 0.664. The van der Waals surface area contributed by atoms with Crippen LogP contribution in [0.25, 0.3) is 0 Å². The summed E-state index contributed by atoms with van der Waals surface area (Å²) in [6.45, 7) is 0. The van der Waals surface area contributed by atoms with E-state index in [0.29, 0.717) is 17.0 Å². The van der Waals surface area contributed by atoms with Crippen LogP contribution in [0.5, 0.6) is 0 Å². The molecule has 0 aliphatic heterocycles. The highest BCUT2D eigenvalue weighted by molar-refractivity contribution is 9.11. The minimum atomic E-state index is 0.0943. The Morgan fingerprint density at radius 1 is 1.31 bits per heavy atom. The Bertz CT molecular complexity index is 521. The number of thiophene rings is 1. The van der Waals surface area contributed by atoms with Crippen LogP contribution in [0.1, 0.15) is 15.2 Å². The van der Waals surface area contributed by atoms with Gasteiger partial charge in [-0.2, -0.15) is 0 Å². The van der Waals surface area contributed by atoms with Crippen molar-refractivity contribution < 1.29 is 4.79 Å². The first-order chi connectivity index (χ1) is 7.65. The van der Waals surface area contributed by atoms with Gasteiger partial charge < -0.3 is 0 Å². The first-order valence-electron chi connectivity index (χ1n) is 4.68. The largest absolute Gasteiger partial charge is 0.294 e. The zero-order chi connectivity index (χ0) is 11.5. The maximum Gasteiger partial charge on any atom is 0.168 e. The van der Waals surface area contributed by atoms with Gasteiger partial charge in [0.05, 0.1) is 3.79 Å². The van der Waals surface area contributed by atoms with Crippen LogP contribution in [0.3, 0.4) is 0 Å². The Morgan fingerprint density at radius 2 is 2.12 bits per heavy atom. The summed E-state index contributed by atoms with van der Waals surface area (Å²) >= 11 is 10.8. The van der Waals surface area contributed by atoms with Crippen LogP contribution >= 0.6 is 38.9 Å². The number of hydrogen-bond donors (Lipinski definition) is 0. The lowest BCUT2D eigenvalue weighted by Gasteiger charge is -1.99. The molecule has 0 fully saturated rings. The summed E-state index contributed by atoms with van der Waals surface area (Å²) in [6, 6.07) is 11.0. The minimum absolute atomic E-state index is 0.0943. The molecule has 1 aromatic heterocycles. The van der Waals surface area contributed by atoms with E-state index in [-0.39, 0.29) is 5.78 Å². The molecule has 0 aliphatic carbocycles. The molecule has 0 spiro atoms. The van der Waals surface area contributed by atoms with Gasteiger partial charge in [-0.3, -0.25) is 4.79 Å². The minimum Gasteiger partial charge on any atom is -0.294 e. The van der Waals surface area contributed by atoms with Crippen molar-refractivity contribution >= 4 is 44.7 Å². The summed E-state index contributed by atoms with van der Waals surface area (Å²) < 4.78 is 1.04. The van der Waals surface area contributed by atoms with E-state index in [2.05, 4.69) is 15.9 Å². The Hall–Kier alpha value is -0.640. The second kappa shape index (κ2) is 5.13. The average Bonchev–Trinajstić information content (AvgIpc) is 2.64. The third kappa shape index (κ3) is 2.94. The summed E-state index contributed by atoms with van der Waals surface area (Å²) in [6.07, 6.45) is 0.427. The average molecular weight is 316 g/mol. The molecule has 0 N–H and O–H groups in total. The van der Waals surface area contributed by atoms with Gasteiger partial charge in [0, 0.05) is 21.9 Å². The van der Waals surface area contributed by atoms with Crippen molar-refractivity contribution in [3.05, 3.63) is 55.6 Å². The van der Waals surface area contributed by atoms with Crippen molar-refractivity contribution in [1.29, 1.82) is 0 Å². The van der Waals surface area contributed by atoms with E-state index in [9.17, 15) is 4.79 Å². The van der Waals surface area contributed by atoms with E-state index in [4.69, 9.17) is 11.6 Å². The normalized spacial score (nSPS) is 10.4. The van der Waals surface area contributed by atoms with E-state index in [1.807, 2.05) is 12.1 Å². The molecule has 82 valence electrons. The topological polar surface area (TPSA) is 17.1 Å². The van der Waals surface area contributed by atoms with Crippen molar-refractivity contribution in [2.24, 2.45) is 0 Å². The maximum atomic E-state index is 11.9. The fourth-order valence-corrected chi connectivity index (χ4v) is 3.04. The Kier molecular flexibility index (Phi) is 3.79. The molecule has 0 saturated heterocycles. The third-order valence-corrected chi connectivity index (χ3v) is 3.97. The molecule has 2 aromatic rings. The van der Waals surface area contributed by atoms with E-state index >= 15 is 0 Å². The van der Waals surface area contributed by atoms with Gasteiger partial charge in [0.2, 0.25) is 0 Å². The molecule has 1 nitrogen and oxygen atoms in total. The van der Waals surface area contributed by atoms with Gasteiger partial charge in [-0.25, -0.2) is 0 Å². The number of hydrogen-bond acceptors (Lipinski definition) is 2. The van der Waals surface area contributed by atoms with Crippen LogP contribution < -0.4 is 0 Å². The van der Waals surface area contributed by atoms with Crippen LogP contribution in [0.2, 0.25) is 5.02 Å². The maximum absolute atomic E-state index is 11.9. The first kappa shape index (κ1) is 11.8. The monoisotopic (exact) mass is 314 g/mol. The number of carbonyl (C=O) groups is 1. The quantitative estimate of drug-likeness (QED) is 0.757. The second-order valence-corrected chi connectivity index (χ2v) is 6.30. The van der Waals surface area contributed by atoms with Gasteiger partial charge in [0.25, 0.3) is 0 Å². The zero-order valence-corrected chi connectivity index (χ0v) is 11.4. The van der Waals surface area contributed by atoms with Crippen LogP contribution in [-0.4, -0.2) is 5.78 Å². The summed E-state index contributed by atoms with van der Waals surface area (Å²) in [4.78, 5) is 13.0. The molecule has 0 atom stereocenters. The van der Waals surface area contributed by atoms with Crippen LogP contribution in [0, 0.1) is 0 Å². The smallest absolute Gasteiger partial charge is 0.168 e. The predicted octanol–water partition coefficient (Wildman–Crippen LogP) is 4.59. The highest BCUT2D eigenvalue weighted by atomic mass is 79.9. The lowest BCUT2D eigenvalue weighted by molar-refractivity contribution is 0.0994. The van der Waals surface area contributed by atoms with Gasteiger partial charge in [-0.05, 0) is 40.2 Å². The number of Topliss-reactive ketones (excluding diaryl/α,β-unsaturated/α-hetero) is 1. The molecule has 1 aromatic carbocycles. The SMILES string of the molecule is O=C(Cc1ccc(Br)s1)c1cccc(Cl)c1. The van der Waals surface area contributed by atoms with E-state index in [1.165, 1.54) is 0 Å². The highest BCUT2D eigenvalue weighted by Crippen LogP contribution is 2.23. The standard InChI is InChI=1S/C12H8BrClOS/c13-12-5-4-10(16-12)7-11(15)8-2-1-3-9(14)6-8/h1-6H,7H2. The summed E-state index contributed by atoms with van der Waals surface area (Å²) in [5, 5.41) is 0.596. The molecular weight excluding hydrogens is 308 g/mol. The Balaban J connectivity index is 2.14. The molecular formula is C12H8BrClOS. The van der Waals surface area contributed by atoms with Crippen molar-refractivity contribution in [2.45, 2.75) is 6.42 Å². The first-order valence-corrected chi connectivity index (χ1v) is 6.67. The number of halogens is 2. The number of benzene rings is 1. The van der Waals surface area contributed by atoms with Crippen molar-refractivity contribution in [3.8, 4) is 0 Å². The molecule has 16 heavy (non-hydrogen) atoms. The van der Waals surface area contributed by atoms with Crippen LogP contribution in [0.4, 0.5) is 0 Å². The second-order valence-electron chi connectivity index (χ2n) is 3.32. The van der Waals surface area contributed by atoms with E-state index < -0.39 is 0 Å².